The summed E-state index contributed by atoms with van der Waals surface area (Å²) in [6, 6.07) is 5.65. The van der Waals surface area contributed by atoms with Crippen molar-refractivity contribution in [2.24, 2.45) is 0 Å². The van der Waals surface area contributed by atoms with E-state index in [-0.39, 0.29) is 10.6 Å². The van der Waals surface area contributed by atoms with E-state index in [1.54, 1.807) is 12.1 Å². The maximum absolute atomic E-state index is 10.8. The van der Waals surface area contributed by atoms with Gasteiger partial charge < -0.3 is 10.2 Å². The number of nitro benzene ring substituents is 1. The van der Waals surface area contributed by atoms with E-state index in [4.69, 9.17) is 0 Å². The Balaban J connectivity index is 2.28. The first-order chi connectivity index (χ1) is 7.58. The number of rotatable bonds is 3. The van der Waals surface area contributed by atoms with Crippen LogP contribution in [0.3, 0.4) is 0 Å². The molecule has 0 bridgehead atoms. The number of hydrogen-bond donors (Lipinski definition) is 1. The Labute approximate surface area is 94.2 Å². The third-order valence-corrected chi connectivity index (χ3v) is 2.97. The van der Waals surface area contributed by atoms with E-state index in [0.717, 1.165) is 24.3 Å². The smallest absolute Gasteiger partial charge is 0.271 e. The third kappa shape index (κ3) is 1.99. The van der Waals surface area contributed by atoms with Crippen molar-refractivity contribution < 1.29 is 4.92 Å². The lowest BCUT2D eigenvalue weighted by Gasteiger charge is -2.37. The summed E-state index contributed by atoms with van der Waals surface area (Å²) in [6.07, 6.45) is 0. The summed E-state index contributed by atoms with van der Waals surface area (Å²) >= 11 is 0. The second kappa shape index (κ2) is 4.09. The zero-order valence-corrected chi connectivity index (χ0v) is 9.43. The maximum atomic E-state index is 10.8. The minimum Gasteiger partial charge on any atom is -0.369 e. The van der Waals surface area contributed by atoms with Crippen molar-refractivity contribution in [3.8, 4) is 0 Å². The molecular formula is C11H15N3O2. The van der Waals surface area contributed by atoms with Gasteiger partial charge in [0.1, 0.15) is 0 Å². The van der Waals surface area contributed by atoms with Crippen LogP contribution in [0.2, 0.25) is 0 Å². The largest absolute Gasteiger partial charge is 0.369 e. The average molecular weight is 221 g/mol. The Bertz CT molecular complexity index is 416. The maximum Gasteiger partial charge on any atom is 0.271 e. The van der Waals surface area contributed by atoms with Crippen LogP contribution in [-0.2, 0) is 0 Å². The lowest BCUT2D eigenvalue weighted by molar-refractivity contribution is -0.384. The molecule has 0 amide bonds. The Morgan fingerprint density at radius 3 is 2.62 bits per heavy atom. The third-order valence-electron chi connectivity index (χ3n) is 2.97. The highest BCUT2D eigenvalue weighted by Crippen LogP contribution is 2.24. The first kappa shape index (κ1) is 10.9. The Morgan fingerprint density at radius 2 is 2.12 bits per heavy atom. The second-order valence-electron chi connectivity index (χ2n) is 4.21. The highest BCUT2D eigenvalue weighted by molar-refractivity contribution is 5.56. The molecule has 0 saturated carbocycles. The molecule has 0 aromatic heterocycles. The molecule has 0 radical (unpaired) electrons. The number of hydrogen-bond acceptors (Lipinski definition) is 4. The van der Waals surface area contributed by atoms with Crippen LogP contribution in [0, 0.1) is 17.0 Å². The van der Waals surface area contributed by atoms with Crippen LogP contribution in [0.25, 0.3) is 0 Å². The van der Waals surface area contributed by atoms with Crippen LogP contribution < -0.4 is 10.2 Å². The van der Waals surface area contributed by atoms with Crippen molar-refractivity contribution >= 4 is 11.4 Å². The van der Waals surface area contributed by atoms with Crippen LogP contribution in [0.1, 0.15) is 5.56 Å². The molecule has 2 rings (SSSR count). The van der Waals surface area contributed by atoms with Crippen molar-refractivity contribution in [3.05, 3.63) is 33.9 Å². The number of likely N-dealkylation sites (N-methyl/N-ethyl adjacent to an activating group) is 1. The van der Waals surface area contributed by atoms with Gasteiger partial charge in [-0.15, -0.1) is 0 Å². The molecule has 1 fully saturated rings. The lowest BCUT2D eigenvalue weighted by atomic mass is 10.1. The van der Waals surface area contributed by atoms with Crippen molar-refractivity contribution in [1.29, 1.82) is 0 Å². The average Bonchev–Trinajstić information content (AvgIpc) is 2.13. The van der Waals surface area contributed by atoms with E-state index in [1.807, 2.05) is 20.0 Å². The number of nitrogens with one attached hydrogen (secondary N) is 1. The first-order valence-corrected chi connectivity index (χ1v) is 5.27. The SMILES string of the molecule is Cc1cc(N(C)C2CNC2)cc([N+](=O)[O-])c1. The van der Waals surface area contributed by atoms with Crippen LogP contribution in [-0.4, -0.2) is 31.1 Å². The molecule has 0 atom stereocenters. The summed E-state index contributed by atoms with van der Waals surface area (Å²) in [4.78, 5) is 12.5. The number of anilines is 1. The van der Waals surface area contributed by atoms with Gasteiger partial charge in [-0.1, -0.05) is 0 Å². The molecule has 0 spiro atoms. The number of non-ortho nitro benzene ring substituents is 1. The van der Waals surface area contributed by atoms with Gasteiger partial charge in [0.05, 0.1) is 11.0 Å². The minimum atomic E-state index is -0.344. The number of nitrogens with zero attached hydrogens (tertiary/aromatic N) is 2. The normalized spacial score (nSPS) is 15.6. The van der Waals surface area contributed by atoms with Crippen LogP contribution in [0.4, 0.5) is 11.4 Å². The topological polar surface area (TPSA) is 58.4 Å². The fourth-order valence-electron chi connectivity index (χ4n) is 1.81. The Morgan fingerprint density at radius 1 is 1.44 bits per heavy atom. The predicted molar refractivity (Wildman–Crippen MR) is 62.9 cm³/mol. The van der Waals surface area contributed by atoms with Gasteiger partial charge in [0.15, 0.2) is 0 Å². The van der Waals surface area contributed by atoms with Gasteiger partial charge in [-0.05, 0) is 18.6 Å². The van der Waals surface area contributed by atoms with Gasteiger partial charge in [0.2, 0.25) is 0 Å². The van der Waals surface area contributed by atoms with E-state index in [2.05, 4.69) is 10.2 Å². The van der Waals surface area contributed by atoms with Crippen molar-refractivity contribution in [2.75, 3.05) is 25.0 Å². The van der Waals surface area contributed by atoms with Crippen LogP contribution in [0.15, 0.2) is 18.2 Å². The summed E-state index contributed by atoms with van der Waals surface area (Å²) in [7, 11) is 1.98. The number of benzene rings is 1. The van der Waals surface area contributed by atoms with Gasteiger partial charge in [-0.2, -0.15) is 0 Å². The highest BCUT2D eigenvalue weighted by Gasteiger charge is 2.23. The molecular weight excluding hydrogens is 206 g/mol. The fourth-order valence-corrected chi connectivity index (χ4v) is 1.81. The number of aryl methyl sites for hydroxylation is 1. The van der Waals surface area contributed by atoms with Gasteiger partial charge in [-0.25, -0.2) is 0 Å². The summed E-state index contributed by atoms with van der Waals surface area (Å²) in [5, 5.41) is 13.9. The molecule has 5 heteroatoms. The van der Waals surface area contributed by atoms with E-state index in [0.29, 0.717) is 6.04 Å². The zero-order valence-electron chi connectivity index (χ0n) is 9.43. The quantitative estimate of drug-likeness (QED) is 0.617. The molecule has 5 nitrogen and oxygen atoms in total. The Kier molecular flexibility index (Phi) is 2.78. The fraction of sp³-hybridized carbons (Fsp3) is 0.455. The van der Waals surface area contributed by atoms with Gasteiger partial charge in [0, 0.05) is 38.0 Å². The minimum absolute atomic E-state index is 0.161. The molecule has 0 unspecified atom stereocenters. The van der Waals surface area contributed by atoms with Crippen molar-refractivity contribution in [2.45, 2.75) is 13.0 Å². The molecule has 1 saturated heterocycles. The first-order valence-electron chi connectivity index (χ1n) is 5.27. The van der Waals surface area contributed by atoms with Crippen LogP contribution >= 0.6 is 0 Å². The molecule has 1 heterocycles. The molecule has 1 aromatic carbocycles. The number of nitro groups is 1. The summed E-state index contributed by atoms with van der Waals surface area (Å²) < 4.78 is 0. The monoisotopic (exact) mass is 221 g/mol. The predicted octanol–water partition coefficient (Wildman–Crippen LogP) is 1.31. The summed E-state index contributed by atoms with van der Waals surface area (Å²) in [5.41, 5.74) is 2.00. The zero-order chi connectivity index (χ0) is 11.7. The standard InChI is InChI=1S/C11H15N3O2/c1-8-3-9(5-10(4-8)14(15)16)13(2)11-6-12-7-11/h3-5,11-12H,6-7H2,1-2H3. The molecule has 1 aliphatic heterocycles. The molecule has 16 heavy (non-hydrogen) atoms. The molecule has 0 aliphatic carbocycles. The molecule has 86 valence electrons. The second-order valence-corrected chi connectivity index (χ2v) is 4.21. The van der Waals surface area contributed by atoms with E-state index in [1.165, 1.54) is 0 Å². The Hall–Kier alpha value is -1.62. The lowest BCUT2D eigenvalue weighted by Crippen LogP contribution is -2.56. The van der Waals surface area contributed by atoms with Crippen molar-refractivity contribution in [1.82, 2.24) is 5.32 Å². The van der Waals surface area contributed by atoms with Gasteiger partial charge in [-0.3, -0.25) is 10.1 Å². The molecule has 1 aromatic rings. The van der Waals surface area contributed by atoms with E-state index < -0.39 is 0 Å². The summed E-state index contributed by atoms with van der Waals surface area (Å²) in [6.45, 7) is 3.76. The highest BCUT2D eigenvalue weighted by atomic mass is 16.6. The molecule has 1 N–H and O–H groups in total. The van der Waals surface area contributed by atoms with Crippen LogP contribution in [0.5, 0.6) is 0 Å². The molecule has 1 aliphatic rings. The van der Waals surface area contributed by atoms with E-state index >= 15 is 0 Å². The van der Waals surface area contributed by atoms with E-state index in [9.17, 15) is 10.1 Å². The van der Waals surface area contributed by atoms with Gasteiger partial charge in [0.25, 0.3) is 5.69 Å². The summed E-state index contributed by atoms with van der Waals surface area (Å²) in [5.74, 6) is 0. The van der Waals surface area contributed by atoms with Gasteiger partial charge >= 0.3 is 0 Å². The van der Waals surface area contributed by atoms with Crippen molar-refractivity contribution in [3.63, 3.8) is 0 Å².